The fraction of sp³-hybridized carbons (Fsp3) is 0.556. The molecule has 0 aromatic carbocycles. The highest BCUT2D eigenvalue weighted by atomic mass is 16.5. The van der Waals surface area contributed by atoms with E-state index < -0.39 is 0 Å². The van der Waals surface area contributed by atoms with Gasteiger partial charge in [0.25, 0.3) is 0 Å². The summed E-state index contributed by atoms with van der Waals surface area (Å²) < 4.78 is 8.11. The normalized spacial score (nSPS) is 10.5. The lowest BCUT2D eigenvalue weighted by Crippen LogP contribution is -2.52. The minimum absolute atomic E-state index is 0.0510. The zero-order valence-electron chi connectivity index (χ0n) is 8.50. The molecule has 0 radical (unpaired) electrons. The summed E-state index contributed by atoms with van der Waals surface area (Å²) in [7, 11) is 3.31. The topological polar surface area (TPSA) is 35.1 Å². The van der Waals surface area contributed by atoms with Crippen molar-refractivity contribution in [2.45, 2.75) is 20.6 Å². The van der Waals surface area contributed by atoms with Crippen LogP contribution in [-0.2, 0) is 18.5 Å². The van der Waals surface area contributed by atoms with Crippen molar-refractivity contribution >= 4 is 0 Å². The highest BCUT2D eigenvalue weighted by molar-refractivity contribution is 5.10. The Morgan fingerprint density at radius 1 is 1.54 bits per heavy atom. The number of aryl methyl sites for hydroxylation is 2. The van der Waals surface area contributed by atoms with Crippen LogP contribution in [0.3, 0.4) is 0 Å². The summed E-state index contributed by atoms with van der Waals surface area (Å²) in [4.78, 5) is 11.6. The van der Waals surface area contributed by atoms with Gasteiger partial charge in [-0.1, -0.05) is 0 Å². The first kappa shape index (κ1) is 9.92. The zero-order valence-corrected chi connectivity index (χ0v) is 8.50. The first-order valence-corrected chi connectivity index (χ1v) is 4.13. The molecule has 0 fully saturated rings. The molecule has 0 N–H and O–H groups in total. The second kappa shape index (κ2) is 3.70. The fourth-order valence-corrected chi connectivity index (χ4v) is 1.27. The molecule has 4 heteroatoms. The molecule has 0 aliphatic carbocycles. The number of rotatable bonds is 2. The van der Waals surface area contributed by atoms with Gasteiger partial charge in [-0.25, -0.2) is 4.57 Å². The number of ether oxygens (including phenoxy) is 1. The minimum Gasteiger partial charge on any atom is -0.345 e. The van der Waals surface area contributed by atoms with Crippen molar-refractivity contribution in [3.63, 3.8) is 0 Å². The maximum absolute atomic E-state index is 11.6. The van der Waals surface area contributed by atoms with Crippen molar-refractivity contribution in [1.29, 1.82) is 0 Å². The van der Waals surface area contributed by atoms with Gasteiger partial charge in [-0.05, 0) is 13.8 Å². The van der Waals surface area contributed by atoms with Crippen LogP contribution in [0.2, 0.25) is 0 Å². The lowest BCUT2D eigenvalue weighted by molar-refractivity contribution is -0.691. The van der Waals surface area contributed by atoms with Gasteiger partial charge < -0.3 is 4.74 Å². The average Bonchev–Trinajstić information content (AvgIpc) is 2.09. The average molecular weight is 183 g/mol. The largest absolute Gasteiger partial charge is 0.499 e. The second-order valence-electron chi connectivity index (χ2n) is 3.14. The molecule has 1 aromatic rings. The van der Waals surface area contributed by atoms with Gasteiger partial charge in [0.05, 0.1) is 7.05 Å². The van der Waals surface area contributed by atoms with Gasteiger partial charge in [0, 0.05) is 12.7 Å². The van der Waals surface area contributed by atoms with Crippen molar-refractivity contribution in [3.8, 4) is 0 Å². The van der Waals surface area contributed by atoms with Gasteiger partial charge in [-0.2, -0.15) is 9.36 Å². The van der Waals surface area contributed by atoms with E-state index in [9.17, 15) is 4.79 Å². The van der Waals surface area contributed by atoms with E-state index in [0.29, 0.717) is 6.73 Å². The first-order valence-electron chi connectivity index (χ1n) is 4.13. The molecule has 0 aliphatic rings. The molecule has 72 valence electrons. The van der Waals surface area contributed by atoms with E-state index in [-0.39, 0.29) is 5.69 Å². The summed E-state index contributed by atoms with van der Waals surface area (Å²) in [5, 5.41) is 0. The molecule has 0 saturated carbocycles. The van der Waals surface area contributed by atoms with E-state index in [1.54, 1.807) is 23.3 Å². The summed E-state index contributed by atoms with van der Waals surface area (Å²) in [6, 6.07) is 0. The molecule has 0 amide bonds. The lowest BCUT2D eigenvalue weighted by atomic mass is 10.3. The molecule has 0 atom stereocenters. The molecular formula is C9H15N2O2+. The molecule has 0 bridgehead atoms. The van der Waals surface area contributed by atoms with Crippen LogP contribution >= 0.6 is 0 Å². The summed E-state index contributed by atoms with van der Waals surface area (Å²) in [6.45, 7) is 4.19. The Bertz CT molecular complexity index is 369. The predicted octanol–water partition coefficient (Wildman–Crippen LogP) is -0.106. The highest BCUT2D eigenvalue weighted by Gasteiger charge is 2.13. The van der Waals surface area contributed by atoms with E-state index in [0.717, 1.165) is 11.3 Å². The Morgan fingerprint density at radius 2 is 2.15 bits per heavy atom. The molecule has 1 aromatic heterocycles. The Hall–Kier alpha value is -1.16. The van der Waals surface area contributed by atoms with E-state index >= 15 is 0 Å². The first-order chi connectivity index (χ1) is 6.07. The lowest BCUT2D eigenvalue weighted by Gasteiger charge is -2.04. The molecule has 4 nitrogen and oxygen atoms in total. The third kappa shape index (κ3) is 1.78. The third-order valence-corrected chi connectivity index (χ3v) is 2.15. The Balaban J connectivity index is 3.37. The standard InChI is InChI=1S/C9H15N2O2/c1-7-5-10(3)9(12)11(6-13-4)8(7)2/h5H,6H2,1-4H3/q+1. The van der Waals surface area contributed by atoms with Crippen LogP contribution in [0.25, 0.3) is 0 Å². The molecule has 1 rings (SSSR count). The van der Waals surface area contributed by atoms with E-state index in [1.807, 2.05) is 20.0 Å². The van der Waals surface area contributed by atoms with Crippen molar-refractivity contribution in [2.24, 2.45) is 7.05 Å². The van der Waals surface area contributed by atoms with Gasteiger partial charge in [0.2, 0.25) is 0 Å². The number of aromatic nitrogens is 2. The highest BCUT2D eigenvalue weighted by Crippen LogP contribution is 1.99. The van der Waals surface area contributed by atoms with Crippen molar-refractivity contribution < 1.29 is 9.30 Å². The third-order valence-electron chi connectivity index (χ3n) is 2.15. The SMILES string of the molecule is COCn1c(C)c(C)c[n+](C)c1=O. The van der Waals surface area contributed by atoms with Gasteiger partial charge in [0.1, 0.15) is 11.9 Å². The zero-order chi connectivity index (χ0) is 10.0. The monoisotopic (exact) mass is 183 g/mol. The quantitative estimate of drug-likeness (QED) is 0.600. The van der Waals surface area contributed by atoms with Crippen molar-refractivity contribution in [3.05, 3.63) is 27.9 Å². The number of nitrogens with zero attached hydrogens (tertiary/aromatic N) is 2. The molecule has 1 heterocycles. The summed E-state index contributed by atoms with van der Waals surface area (Å²) in [6.07, 6.45) is 1.82. The van der Waals surface area contributed by atoms with Crippen LogP contribution in [0, 0.1) is 13.8 Å². The maximum atomic E-state index is 11.6. The second-order valence-corrected chi connectivity index (χ2v) is 3.14. The van der Waals surface area contributed by atoms with E-state index in [2.05, 4.69) is 0 Å². The van der Waals surface area contributed by atoms with E-state index in [1.165, 1.54) is 0 Å². The Kier molecular flexibility index (Phi) is 2.83. The summed E-state index contributed by atoms with van der Waals surface area (Å²) >= 11 is 0. The van der Waals surface area contributed by atoms with Gasteiger partial charge in [0.15, 0.2) is 6.73 Å². The molecule has 0 aliphatic heterocycles. The summed E-state index contributed by atoms with van der Waals surface area (Å²) in [5.41, 5.74) is 1.98. The number of hydrogen-bond donors (Lipinski definition) is 0. The molecular weight excluding hydrogens is 168 g/mol. The number of hydrogen-bond acceptors (Lipinski definition) is 2. The molecule has 13 heavy (non-hydrogen) atoms. The van der Waals surface area contributed by atoms with Crippen molar-refractivity contribution in [1.82, 2.24) is 4.57 Å². The predicted molar refractivity (Wildman–Crippen MR) is 48.4 cm³/mol. The van der Waals surface area contributed by atoms with Gasteiger partial charge in [-0.15, -0.1) is 0 Å². The van der Waals surface area contributed by atoms with Crippen LogP contribution in [0.1, 0.15) is 11.3 Å². The minimum atomic E-state index is -0.0510. The Labute approximate surface area is 77.4 Å². The van der Waals surface area contributed by atoms with Crippen LogP contribution in [0.15, 0.2) is 11.0 Å². The fourth-order valence-electron chi connectivity index (χ4n) is 1.27. The smallest absolute Gasteiger partial charge is 0.345 e. The van der Waals surface area contributed by atoms with Crippen LogP contribution in [0.5, 0.6) is 0 Å². The molecule has 0 spiro atoms. The van der Waals surface area contributed by atoms with Crippen LogP contribution in [0.4, 0.5) is 0 Å². The van der Waals surface area contributed by atoms with Crippen LogP contribution in [-0.4, -0.2) is 11.7 Å². The van der Waals surface area contributed by atoms with Crippen LogP contribution < -0.4 is 10.3 Å². The Morgan fingerprint density at radius 3 is 2.69 bits per heavy atom. The molecule has 0 unspecified atom stereocenters. The van der Waals surface area contributed by atoms with Gasteiger partial charge in [-0.3, -0.25) is 0 Å². The van der Waals surface area contributed by atoms with Crippen molar-refractivity contribution in [2.75, 3.05) is 7.11 Å². The maximum Gasteiger partial charge on any atom is 0.499 e. The van der Waals surface area contributed by atoms with E-state index in [4.69, 9.17) is 4.74 Å². The molecule has 0 saturated heterocycles. The summed E-state index contributed by atoms with van der Waals surface area (Å²) in [5.74, 6) is 0. The van der Waals surface area contributed by atoms with Gasteiger partial charge >= 0.3 is 5.69 Å². The number of methoxy groups -OCH3 is 1.